The van der Waals surface area contributed by atoms with Crippen LogP contribution in [0.25, 0.3) is 0 Å². The SMILES string of the molecule is NOS(=O)[O-].[Mn]. The molecule has 0 saturated heterocycles. The van der Waals surface area contributed by atoms with Crippen molar-refractivity contribution in [3.8, 4) is 0 Å². The van der Waals surface area contributed by atoms with E-state index in [-0.39, 0.29) is 17.1 Å². The van der Waals surface area contributed by atoms with Crippen LogP contribution < -0.4 is 5.90 Å². The van der Waals surface area contributed by atoms with Gasteiger partial charge in [-0.15, -0.1) is 0 Å². The fraction of sp³-hybridized carbons (Fsp3) is 0. The second-order valence-corrected chi connectivity index (χ2v) is 0.901. The quantitative estimate of drug-likeness (QED) is 0.286. The van der Waals surface area contributed by atoms with Crippen molar-refractivity contribution < 1.29 is 30.1 Å². The van der Waals surface area contributed by atoms with E-state index in [0.29, 0.717) is 0 Å². The van der Waals surface area contributed by atoms with Crippen molar-refractivity contribution in [3.63, 3.8) is 0 Å². The summed E-state index contributed by atoms with van der Waals surface area (Å²) in [5, 5.41) is 0. The minimum atomic E-state index is -2.54. The molecule has 0 aliphatic carbocycles. The van der Waals surface area contributed by atoms with Gasteiger partial charge in [0.25, 0.3) is 0 Å². The van der Waals surface area contributed by atoms with Crippen molar-refractivity contribution in [2.75, 3.05) is 0 Å². The first-order valence-electron chi connectivity index (χ1n) is 0.736. The molecule has 1 radical (unpaired) electrons. The first kappa shape index (κ1) is 9.75. The average Bonchev–Trinajstić information content (AvgIpc) is 1.38. The van der Waals surface area contributed by atoms with Crippen molar-refractivity contribution in [1.29, 1.82) is 0 Å². The molecule has 0 aromatic rings. The Morgan fingerprint density at radius 3 is 2.00 bits per heavy atom. The third-order valence-corrected chi connectivity index (χ3v) is 0.236. The van der Waals surface area contributed by atoms with Crippen LogP contribution in [0.5, 0.6) is 0 Å². The first-order chi connectivity index (χ1) is 2.27. The van der Waals surface area contributed by atoms with Gasteiger partial charge in [0.15, 0.2) is 0 Å². The molecule has 2 N–H and O–H groups in total. The molecule has 6 heteroatoms. The summed E-state index contributed by atoms with van der Waals surface area (Å²) in [5.74, 6) is 4.06. The van der Waals surface area contributed by atoms with E-state index in [9.17, 15) is 0 Å². The van der Waals surface area contributed by atoms with E-state index in [2.05, 4.69) is 10.2 Å². The van der Waals surface area contributed by atoms with Crippen LogP contribution in [0.1, 0.15) is 0 Å². The molecule has 6 heavy (non-hydrogen) atoms. The smallest absolute Gasteiger partial charge is 0.105 e. The molecule has 4 nitrogen and oxygen atoms in total. The zero-order valence-corrected chi connectivity index (χ0v) is 4.59. The van der Waals surface area contributed by atoms with Crippen LogP contribution in [-0.2, 0) is 32.7 Å². The van der Waals surface area contributed by atoms with Gasteiger partial charge in [0, 0.05) is 17.1 Å². The summed E-state index contributed by atoms with van der Waals surface area (Å²) in [4.78, 5) is 0. The summed E-state index contributed by atoms with van der Waals surface area (Å²) in [6.07, 6.45) is 0. The second kappa shape index (κ2) is 5.55. The van der Waals surface area contributed by atoms with Crippen LogP contribution in [0.3, 0.4) is 0 Å². The van der Waals surface area contributed by atoms with E-state index < -0.39 is 11.4 Å². The van der Waals surface area contributed by atoms with Crippen LogP contribution in [0, 0.1) is 0 Å². The zero-order valence-electron chi connectivity index (χ0n) is 2.59. The van der Waals surface area contributed by atoms with Crippen LogP contribution >= 0.6 is 0 Å². The number of rotatable bonds is 1. The molecule has 0 fully saturated rings. The van der Waals surface area contributed by atoms with Crippen LogP contribution in [-0.4, -0.2) is 8.76 Å². The predicted octanol–water partition coefficient (Wildman–Crippen LogP) is -1.33. The molecule has 0 spiro atoms. The Morgan fingerprint density at radius 1 is 1.83 bits per heavy atom. The van der Waals surface area contributed by atoms with Crippen molar-refractivity contribution in [2.45, 2.75) is 0 Å². The summed E-state index contributed by atoms with van der Waals surface area (Å²) in [7, 11) is 0. The first-order valence-corrected chi connectivity index (χ1v) is 1.74. The molecule has 1 unspecified atom stereocenters. The van der Waals surface area contributed by atoms with E-state index >= 15 is 0 Å². The number of hydrogen-bond donors (Lipinski definition) is 1. The Morgan fingerprint density at radius 2 is 2.00 bits per heavy atom. The molecular formula is H2MnNO3S-. The molecule has 0 heterocycles. The van der Waals surface area contributed by atoms with E-state index in [1.807, 2.05) is 0 Å². The summed E-state index contributed by atoms with van der Waals surface area (Å²) in [5.41, 5.74) is 0. The van der Waals surface area contributed by atoms with Gasteiger partial charge in [0.2, 0.25) is 0 Å². The Balaban J connectivity index is 0. The largest absolute Gasteiger partial charge is 0.748 e. The molecule has 0 aliphatic rings. The van der Waals surface area contributed by atoms with Gasteiger partial charge < -0.3 is 4.55 Å². The predicted molar refractivity (Wildman–Crippen MR) is 14.2 cm³/mol. The van der Waals surface area contributed by atoms with Gasteiger partial charge >= 0.3 is 0 Å². The Labute approximate surface area is 48.0 Å². The molecule has 0 amide bonds. The van der Waals surface area contributed by atoms with Gasteiger partial charge in [-0.2, -0.15) is 0 Å². The minimum absolute atomic E-state index is 0. The van der Waals surface area contributed by atoms with Gasteiger partial charge in [-0.25, -0.2) is 14.4 Å². The van der Waals surface area contributed by atoms with Crippen LogP contribution in [0.15, 0.2) is 0 Å². The molecular weight excluding hydrogens is 149 g/mol. The van der Waals surface area contributed by atoms with E-state index in [4.69, 9.17) is 8.76 Å². The van der Waals surface area contributed by atoms with Crippen LogP contribution in [0.2, 0.25) is 0 Å². The maximum absolute atomic E-state index is 9.02. The molecule has 0 aromatic carbocycles. The van der Waals surface area contributed by atoms with Gasteiger partial charge in [0.1, 0.15) is 11.4 Å². The van der Waals surface area contributed by atoms with Gasteiger partial charge in [-0.1, -0.05) is 0 Å². The Kier molecular flexibility index (Phi) is 9.01. The van der Waals surface area contributed by atoms with Crippen molar-refractivity contribution >= 4 is 11.4 Å². The number of nitrogens with two attached hydrogens (primary N) is 1. The van der Waals surface area contributed by atoms with Crippen LogP contribution in [0.4, 0.5) is 0 Å². The van der Waals surface area contributed by atoms with E-state index in [0.717, 1.165) is 0 Å². The molecule has 0 aromatic heterocycles. The minimum Gasteiger partial charge on any atom is -0.748 e. The molecule has 39 valence electrons. The molecule has 0 aliphatic heterocycles. The maximum Gasteiger partial charge on any atom is 0.105 e. The van der Waals surface area contributed by atoms with Gasteiger partial charge in [-0.05, 0) is 0 Å². The third-order valence-electron chi connectivity index (χ3n) is 0.0786. The molecule has 0 bridgehead atoms. The summed E-state index contributed by atoms with van der Waals surface area (Å²) in [6.45, 7) is 0. The molecule has 0 rings (SSSR count). The summed E-state index contributed by atoms with van der Waals surface area (Å²) in [6, 6.07) is 0. The van der Waals surface area contributed by atoms with E-state index in [1.165, 1.54) is 0 Å². The fourth-order valence-corrected chi connectivity index (χ4v) is 0. The average molecular weight is 151 g/mol. The van der Waals surface area contributed by atoms with Crippen molar-refractivity contribution in [3.05, 3.63) is 0 Å². The summed E-state index contributed by atoms with van der Waals surface area (Å²) < 4.78 is 21.2. The second-order valence-electron chi connectivity index (χ2n) is 0.300. The topological polar surface area (TPSA) is 75.4 Å². The third kappa shape index (κ3) is 8.82. The fourth-order valence-electron chi connectivity index (χ4n) is 0. The van der Waals surface area contributed by atoms with Crippen molar-refractivity contribution in [2.24, 2.45) is 5.90 Å². The summed E-state index contributed by atoms with van der Waals surface area (Å²) >= 11 is -2.54. The van der Waals surface area contributed by atoms with Gasteiger partial charge in [-0.3, -0.25) is 0 Å². The standard InChI is InChI=1S/Mn.H3NO3S/c;1-4-5(2)3/h;1H2,(H,2,3)/p-1. The van der Waals surface area contributed by atoms with E-state index in [1.54, 1.807) is 0 Å². The monoisotopic (exact) mass is 151 g/mol. The molecule has 1 atom stereocenters. The Hall–Kier alpha value is 0.549. The maximum atomic E-state index is 9.02. The van der Waals surface area contributed by atoms with Crippen molar-refractivity contribution in [1.82, 2.24) is 0 Å². The van der Waals surface area contributed by atoms with Gasteiger partial charge in [0.05, 0.1) is 0 Å². The zero-order chi connectivity index (χ0) is 4.28. The Bertz CT molecular complexity index is 46.1. The normalized spacial score (nSPS) is 12.3. The number of hydrogen-bond acceptors (Lipinski definition) is 4. The molecule has 0 saturated carbocycles.